The van der Waals surface area contributed by atoms with E-state index in [-0.39, 0.29) is 5.56 Å². The number of nitrogens with one attached hydrogen (secondary N) is 2. The molecule has 0 atom stereocenters. The molecule has 3 aromatic rings. The molecule has 0 bridgehead atoms. The zero-order chi connectivity index (χ0) is 22.9. The fraction of sp³-hybridized carbons (Fsp3) is 0.227. The third-order valence-electron chi connectivity index (χ3n) is 4.69. The number of hydrazine groups is 1. The molecule has 0 aliphatic rings. The molecular formula is C22H23Cl2N5O2. The van der Waals surface area contributed by atoms with Gasteiger partial charge in [-0.3, -0.25) is 19.7 Å². The third kappa shape index (κ3) is 4.58. The number of hydrogen-bond acceptors (Lipinski definition) is 4. The van der Waals surface area contributed by atoms with Crippen LogP contribution in [0.15, 0.2) is 42.6 Å². The van der Waals surface area contributed by atoms with Crippen molar-refractivity contribution in [2.75, 3.05) is 5.32 Å². The van der Waals surface area contributed by atoms with E-state index in [0.717, 1.165) is 0 Å². The minimum Gasteiger partial charge on any atom is -0.321 e. The molecular weight excluding hydrogens is 437 g/mol. The van der Waals surface area contributed by atoms with Gasteiger partial charge in [0.15, 0.2) is 0 Å². The number of rotatable bonds is 4. The first-order valence-corrected chi connectivity index (χ1v) is 10.3. The van der Waals surface area contributed by atoms with Gasteiger partial charge in [0.2, 0.25) is 0 Å². The zero-order valence-electron chi connectivity index (χ0n) is 17.6. The van der Waals surface area contributed by atoms with E-state index in [0.29, 0.717) is 38.1 Å². The van der Waals surface area contributed by atoms with Gasteiger partial charge in [0.25, 0.3) is 11.8 Å². The number of aromatic nitrogens is 2. The molecule has 4 N–H and O–H groups in total. The second-order valence-corrected chi connectivity index (χ2v) is 8.89. The van der Waals surface area contributed by atoms with Crippen LogP contribution in [0.25, 0.3) is 11.3 Å². The normalized spacial score (nSPS) is 11.3. The Balaban J connectivity index is 2.14. The molecule has 162 valence electrons. The molecule has 0 radical (unpaired) electrons. The Labute approximate surface area is 190 Å². The fourth-order valence-corrected chi connectivity index (χ4v) is 3.78. The maximum Gasteiger partial charge on any atom is 0.267 e. The standard InChI is InChI=1S/C22H23Cl2N5O2/c1-12-9-13(23)10-15(21(31)28-25)18(12)27-20(30)16-11-26-29(22(2,3)4)19(16)14-7-5-6-8-17(14)24/h5-11H,25H2,1-4H3,(H,27,30)(H,28,31). The third-order valence-corrected chi connectivity index (χ3v) is 5.24. The van der Waals surface area contributed by atoms with Gasteiger partial charge >= 0.3 is 0 Å². The molecule has 1 heterocycles. The first kappa shape index (κ1) is 22.8. The predicted molar refractivity (Wildman–Crippen MR) is 123 cm³/mol. The average molecular weight is 460 g/mol. The predicted octanol–water partition coefficient (Wildman–Crippen LogP) is 4.78. The number of anilines is 1. The van der Waals surface area contributed by atoms with Gasteiger partial charge in [0, 0.05) is 15.6 Å². The highest BCUT2D eigenvalue weighted by Crippen LogP contribution is 2.34. The van der Waals surface area contributed by atoms with E-state index in [1.54, 1.807) is 23.7 Å². The molecule has 1 aromatic heterocycles. The number of aryl methyl sites for hydroxylation is 1. The highest BCUT2D eigenvalue weighted by atomic mass is 35.5. The van der Waals surface area contributed by atoms with Crippen LogP contribution in [0.4, 0.5) is 5.69 Å². The maximum atomic E-state index is 13.4. The molecule has 2 amide bonds. The van der Waals surface area contributed by atoms with Crippen molar-refractivity contribution < 1.29 is 9.59 Å². The van der Waals surface area contributed by atoms with Crippen LogP contribution < -0.4 is 16.6 Å². The van der Waals surface area contributed by atoms with Gasteiger partial charge in [-0.2, -0.15) is 5.10 Å². The Hall–Kier alpha value is -2.87. The summed E-state index contributed by atoms with van der Waals surface area (Å²) >= 11 is 12.5. The molecule has 0 aliphatic heterocycles. The topological polar surface area (TPSA) is 102 Å². The van der Waals surface area contributed by atoms with Crippen LogP contribution in [0.1, 0.15) is 47.1 Å². The van der Waals surface area contributed by atoms with E-state index in [2.05, 4.69) is 15.8 Å². The molecule has 9 heteroatoms. The molecule has 0 spiro atoms. The molecule has 0 aliphatic carbocycles. The van der Waals surface area contributed by atoms with Crippen LogP contribution in [-0.4, -0.2) is 21.6 Å². The van der Waals surface area contributed by atoms with Gasteiger partial charge in [-0.05, 0) is 51.5 Å². The highest BCUT2D eigenvalue weighted by molar-refractivity contribution is 6.33. The van der Waals surface area contributed by atoms with Crippen LogP contribution >= 0.6 is 23.2 Å². The Morgan fingerprint density at radius 3 is 2.35 bits per heavy atom. The maximum absolute atomic E-state index is 13.4. The Morgan fingerprint density at radius 2 is 1.74 bits per heavy atom. The lowest BCUT2D eigenvalue weighted by Crippen LogP contribution is -2.31. The van der Waals surface area contributed by atoms with Crippen LogP contribution in [0, 0.1) is 6.92 Å². The van der Waals surface area contributed by atoms with Crippen molar-refractivity contribution >= 4 is 40.7 Å². The van der Waals surface area contributed by atoms with Crippen LogP contribution in [0.2, 0.25) is 10.0 Å². The smallest absolute Gasteiger partial charge is 0.267 e. The summed E-state index contributed by atoms with van der Waals surface area (Å²) in [6.07, 6.45) is 1.49. The number of amides is 2. The lowest BCUT2D eigenvalue weighted by molar-refractivity contribution is 0.0954. The van der Waals surface area contributed by atoms with Crippen molar-refractivity contribution in [3.8, 4) is 11.3 Å². The Kier molecular flexibility index (Phi) is 6.40. The SMILES string of the molecule is Cc1cc(Cl)cc(C(=O)NN)c1NC(=O)c1cnn(C(C)(C)C)c1-c1ccccc1Cl. The summed E-state index contributed by atoms with van der Waals surface area (Å²) in [6.45, 7) is 7.68. The number of carbonyl (C=O) groups is 2. The Morgan fingerprint density at radius 1 is 1.06 bits per heavy atom. The number of carbonyl (C=O) groups excluding carboxylic acids is 2. The lowest BCUT2D eigenvalue weighted by Gasteiger charge is -2.23. The first-order chi connectivity index (χ1) is 14.5. The molecule has 0 fully saturated rings. The van der Waals surface area contributed by atoms with E-state index in [4.69, 9.17) is 29.0 Å². The lowest BCUT2D eigenvalue weighted by atomic mass is 10.0. The summed E-state index contributed by atoms with van der Waals surface area (Å²) in [6, 6.07) is 10.3. The van der Waals surface area contributed by atoms with E-state index < -0.39 is 17.4 Å². The summed E-state index contributed by atoms with van der Waals surface area (Å²) in [5, 5.41) is 8.12. The molecule has 2 aromatic carbocycles. The van der Waals surface area contributed by atoms with Crippen LogP contribution in [0.3, 0.4) is 0 Å². The molecule has 31 heavy (non-hydrogen) atoms. The quantitative estimate of drug-likeness (QED) is 0.296. The monoisotopic (exact) mass is 459 g/mol. The summed E-state index contributed by atoms with van der Waals surface area (Å²) < 4.78 is 1.76. The number of nitrogens with zero attached hydrogens (tertiary/aromatic N) is 2. The molecule has 7 nitrogen and oxygen atoms in total. The van der Waals surface area contributed by atoms with Gasteiger partial charge in [0.1, 0.15) is 0 Å². The number of hydrogen-bond donors (Lipinski definition) is 3. The summed E-state index contributed by atoms with van der Waals surface area (Å²) in [5.41, 5.74) is 4.31. The van der Waals surface area contributed by atoms with Crippen LogP contribution in [0.5, 0.6) is 0 Å². The number of nitrogens with two attached hydrogens (primary N) is 1. The molecule has 0 unspecified atom stereocenters. The summed E-state index contributed by atoms with van der Waals surface area (Å²) in [5.74, 6) is 4.29. The zero-order valence-corrected chi connectivity index (χ0v) is 19.1. The Bertz CT molecular complexity index is 1170. The van der Waals surface area contributed by atoms with E-state index >= 15 is 0 Å². The van der Waals surface area contributed by atoms with E-state index in [1.807, 2.05) is 39.0 Å². The summed E-state index contributed by atoms with van der Waals surface area (Å²) in [4.78, 5) is 25.6. The van der Waals surface area contributed by atoms with Crippen molar-refractivity contribution in [1.82, 2.24) is 15.2 Å². The molecule has 3 rings (SSSR count). The van der Waals surface area contributed by atoms with Gasteiger partial charge in [-0.15, -0.1) is 0 Å². The summed E-state index contributed by atoms with van der Waals surface area (Å²) in [7, 11) is 0. The average Bonchev–Trinajstić information content (AvgIpc) is 3.15. The van der Waals surface area contributed by atoms with Crippen molar-refractivity contribution in [3.05, 3.63) is 69.3 Å². The van der Waals surface area contributed by atoms with Crippen molar-refractivity contribution in [2.45, 2.75) is 33.2 Å². The molecule has 0 saturated heterocycles. The van der Waals surface area contributed by atoms with E-state index in [1.165, 1.54) is 12.3 Å². The first-order valence-electron chi connectivity index (χ1n) is 9.50. The van der Waals surface area contributed by atoms with Crippen molar-refractivity contribution in [1.29, 1.82) is 0 Å². The minimum atomic E-state index is -0.572. The minimum absolute atomic E-state index is 0.156. The number of nitrogen functional groups attached to an aromatic ring is 1. The van der Waals surface area contributed by atoms with Gasteiger partial charge in [-0.1, -0.05) is 41.4 Å². The van der Waals surface area contributed by atoms with Gasteiger partial charge < -0.3 is 5.32 Å². The fourth-order valence-electron chi connectivity index (χ4n) is 3.28. The van der Waals surface area contributed by atoms with E-state index in [9.17, 15) is 9.59 Å². The van der Waals surface area contributed by atoms with Gasteiger partial charge in [-0.25, -0.2) is 5.84 Å². The number of benzene rings is 2. The van der Waals surface area contributed by atoms with Crippen molar-refractivity contribution in [2.24, 2.45) is 5.84 Å². The van der Waals surface area contributed by atoms with Gasteiger partial charge in [0.05, 0.1) is 34.2 Å². The largest absolute Gasteiger partial charge is 0.321 e. The number of halogens is 2. The van der Waals surface area contributed by atoms with Crippen LogP contribution in [-0.2, 0) is 5.54 Å². The highest BCUT2D eigenvalue weighted by Gasteiger charge is 2.27. The second kappa shape index (κ2) is 8.70. The van der Waals surface area contributed by atoms with Crippen molar-refractivity contribution in [3.63, 3.8) is 0 Å². The second-order valence-electron chi connectivity index (χ2n) is 8.04. The molecule has 0 saturated carbocycles.